The van der Waals surface area contributed by atoms with Crippen molar-refractivity contribution in [3.63, 3.8) is 0 Å². The van der Waals surface area contributed by atoms with Crippen LogP contribution in [0.25, 0.3) is 10.7 Å². The molecule has 0 bridgehead atoms. The van der Waals surface area contributed by atoms with E-state index in [9.17, 15) is 4.79 Å². The van der Waals surface area contributed by atoms with E-state index in [4.69, 9.17) is 0 Å². The maximum atomic E-state index is 12.2. The van der Waals surface area contributed by atoms with Crippen molar-refractivity contribution in [1.82, 2.24) is 14.7 Å². The van der Waals surface area contributed by atoms with Crippen molar-refractivity contribution in [3.05, 3.63) is 17.5 Å². The van der Waals surface area contributed by atoms with Gasteiger partial charge in [0.25, 0.3) is 0 Å². The van der Waals surface area contributed by atoms with Crippen LogP contribution in [0.2, 0.25) is 0 Å². The third-order valence-corrected chi connectivity index (χ3v) is 4.89. The summed E-state index contributed by atoms with van der Waals surface area (Å²) in [6.07, 6.45) is 1.76. The Balaban J connectivity index is 1.64. The first-order valence-electron chi connectivity index (χ1n) is 6.64. The largest absolute Gasteiger partial charge is 0.314 e. The van der Waals surface area contributed by atoms with Crippen LogP contribution in [0.4, 0.5) is 5.13 Å². The lowest BCUT2D eigenvalue weighted by Gasteiger charge is -2.26. The minimum atomic E-state index is 0.0622. The summed E-state index contributed by atoms with van der Waals surface area (Å²) < 4.78 is 4.29. The molecule has 0 saturated carbocycles. The molecule has 106 valence electrons. The second-order valence-corrected chi connectivity index (χ2v) is 6.67. The van der Waals surface area contributed by atoms with Crippen LogP contribution in [-0.2, 0) is 4.79 Å². The molecular weight excluding hydrogens is 292 g/mol. The second-order valence-electron chi connectivity index (χ2n) is 4.97. The van der Waals surface area contributed by atoms with Gasteiger partial charge in [0.15, 0.2) is 5.82 Å². The fourth-order valence-electron chi connectivity index (χ4n) is 2.36. The molecule has 0 radical (unpaired) electrons. The fourth-order valence-corrected chi connectivity index (χ4v) is 3.66. The van der Waals surface area contributed by atoms with E-state index in [-0.39, 0.29) is 11.8 Å². The number of hydrogen-bond acceptors (Lipinski definition) is 6. The molecular formula is C13H16N4OS2. The first-order chi connectivity index (χ1) is 9.72. The standard InChI is InChI=1S/C13H16N4OS2/c1-8-7-9(4-5-14-8)12(18)16-13-15-11(17-20-13)10-3-2-6-19-10/h2-3,6,8-9,14H,4-5,7H2,1H3,(H,15,16,17,18)/t8-,9-/m0/s1. The number of nitrogens with zero attached hydrogens (tertiary/aromatic N) is 2. The van der Waals surface area contributed by atoms with Gasteiger partial charge in [0.2, 0.25) is 11.0 Å². The Morgan fingerprint density at radius 2 is 2.45 bits per heavy atom. The monoisotopic (exact) mass is 308 g/mol. The molecule has 0 aromatic carbocycles. The van der Waals surface area contributed by atoms with E-state index < -0.39 is 0 Å². The van der Waals surface area contributed by atoms with E-state index in [1.54, 1.807) is 11.3 Å². The van der Waals surface area contributed by atoms with Gasteiger partial charge in [-0.3, -0.25) is 4.79 Å². The van der Waals surface area contributed by atoms with E-state index in [0.29, 0.717) is 17.0 Å². The number of thiophene rings is 1. The summed E-state index contributed by atoms with van der Waals surface area (Å²) in [7, 11) is 0. The van der Waals surface area contributed by atoms with Gasteiger partial charge in [-0.25, -0.2) is 0 Å². The van der Waals surface area contributed by atoms with Crippen LogP contribution < -0.4 is 10.6 Å². The maximum Gasteiger partial charge on any atom is 0.229 e. The SMILES string of the molecule is C[C@H]1C[C@@H](C(=O)Nc2nc(-c3cccs3)ns2)CCN1. The topological polar surface area (TPSA) is 66.9 Å². The number of nitrogens with one attached hydrogen (secondary N) is 2. The number of hydrogen-bond donors (Lipinski definition) is 2. The smallest absolute Gasteiger partial charge is 0.229 e. The van der Waals surface area contributed by atoms with Crippen LogP contribution in [0.3, 0.4) is 0 Å². The molecule has 2 N–H and O–H groups in total. The Morgan fingerprint density at radius 1 is 1.55 bits per heavy atom. The van der Waals surface area contributed by atoms with Crippen LogP contribution in [0.15, 0.2) is 17.5 Å². The molecule has 1 aliphatic rings. The maximum absolute atomic E-state index is 12.2. The zero-order chi connectivity index (χ0) is 13.9. The third-order valence-electron chi connectivity index (χ3n) is 3.39. The highest BCUT2D eigenvalue weighted by Gasteiger charge is 2.25. The molecule has 1 aliphatic heterocycles. The van der Waals surface area contributed by atoms with E-state index in [2.05, 4.69) is 26.9 Å². The molecule has 1 saturated heterocycles. The molecule has 1 amide bonds. The molecule has 3 rings (SSSR count). The number of piperidine rings is 1. The van der Waals surface area contributed by atoms with E-state index >= 15 is 0 Å². The van der Waals surface area contributed by atoms with Crippen molar-refractivity contribution < 1.29 is 4.79 Å². The summed E-state index contributed by atoms with van der Waals surface area (Å²) in [6.45, 7) is 3.01. The Morgan fingerprint density at radius 3 is 3.20 bits per heavy atom. The first-order valence-corrected chi connectivity index (χ1v) is 8.29. The quantitative estimate of drug-likeness (QED) is 0.914. The van der Waals surface area contributed by atoms with Crippen LogP contribution in [-0.4, -0.2) is 27.9 Å². The minimum absolute atomic E-state index is 0.0622. The first kappa shape index (κ1) is 13.7. The van der Waals surface area contributed by atoms with Crippen molar-refractivity contribution in [3.8, 4) is 10.7 Å². The van der Waals surface area contributed by atoms with Gasteiger partial charge in [0, 0.05) is 23.5 Å². The van der Waals surface area contributed by atoms with Gasteiger partial charge in [-0.2, -0.15) is 9.36 Å². The average Bonchev–Trinajstić information content (AvgIpc) is 3.08. The van der Waals surface area contributed by atoms with Crippen molar-refractivity contribution >= 4 is 33.9 Å². The summed E-state index contributed by atoms with van der Waals surface area (Å²) in [4.78, 5) is 17.6. The number of aromatic nitrogens is 2. The van der Waals surface area contributed by atoms with Gasteiger partial charge < -0.3 is 10.6 Å². The van der Waals surface area contributed by atoms with E-state index in [0.717, 1.165) is 24.3 Å². The van der Waals surface area contributed by atoms with Gasteiger partial charge in [-0.15, -0.1) is 11.3 Å². The van der Waals surface area contributed by atoms with Gasteiger partial charge in [-0.05, 0) is 37.8 Å². The predicted octanol–water partition coefficient (Wildman–Crippen LogP) is 2.59. The third kappa shape index (κ3) is 3.05. The number of rotatable bonds is 3. The Bertz CT molecular complexity index is 581. The Labute approximate surface area is 125 Å². The molecule has 0 unspecified atom stereocenters. The van der Waals surface area contributed by atoms with Crippen molar-refractivity contribution in [1.29, 1.82) is 0 Å². The normalized spacial score (nSPS) is 22.6. The summed E-state index contributed by atoms with van der Waals surface area (Å²) in [6, 6.07) is 4.35. The molecule has 0 spiro atoms. The van der Waals surface area contributed by atoms with Crippen LogP contribution in [0, 0.1) is 5.92 Å². The lowest BCUT2D eigenvalue weighted by molar-refractivity contribution is -0.120. The second kappa shape index (κ2) is 5.99. The lowest BCUT2D eigenvalue weighted by Crippen LogP contribution is -2.40. The predicted molar refractivity (Wildman–Crippen MR) is 82.0 cm³/mol. The molecule has 20 heavy (non-hydrogen) atoms. The Hall–Kier alpha value is -1.31. The summed E-state index contributed by atoms with van der Waals surface area (Å²) in [5, 5.41) is 8.83. The van der Waals surface area contributed by atoms with Crippen molar-refractivity contribution in [2.24, 2.45) is 5.92 Å². The van der Waals surface area contributed by atoms with Crippen molar-refractivity contribution in [2.45, 2.75) is 25.8 Å². The highest BCUT2D eigenvalue weighted by atomic mass is 32.1. The highest BCUT2D eigenvalue weighted by molar-refractivity contribution is 7.14. The highest BCUT2D eigenvalue weighted by Crippen LogP contribution is 2.26. The molecule has 1 fully saturated rings. The molecule has 2 atom stereocenters. The number of amides is 1. The molecule has 7 heteroatoms. The molecule has 3 heterocycles. The van der Waals surface area contributed by atoms with Gasteiger partial charge in [-0.1, -0.05) is 6.07 Å². The van der Waals surface area contributed by atoms with Crippen LogP contribution >= 0.6 is 22.9 Å². The molecule has 2 aromatic heterocycles. The summed E-state index contributed by atoms with van der Waals surface area (Å²) in [5.41, 5.74) is 0. The zero-order valence-corrected chi connectivity index (χ0v) is 12.8. The average molecular weight is 308 g/mol. The van der Waals surface area contributed by atoms with Gasteiger partial charge in [0.1, 0.15) is 0 Å². The number of anilines is 1. The molecule has 5 nitrogen and oxygen atoms in total. The summed E-state index contributed by atoms with van der Waals surface area (Å²) >= 11 is 2.84. The van der Waals surface area contributed by atoms with Crippen molar-refractivity contribution in [2.75, 3.05) is 11.9 Å². The molecule has 0 aliphatic carbocycles. The minimum Gasteiger partial charge on any atom is -0.314 e. The van der Waals surface area contributed by atoms with Crippen LogP contribution in [0.1, 0.15) is 19.8 Å². The fraction of sp³-hybridized carbons (Fsp3) is 0.462. The van der Waals surface area contributed by atoms with Gasteiger partial charge >= 0.3 is 0 Å². The number of carbonyl (C=O) groups excluding carboxylic acids is 1. The summed E-state index contributed by atoms with van der Waals surface area (Å²) in [5.74, 6) is 0.826. The van der Waals surface area contributed by atoms with E-state index in [1.807, 2.05) is 17.5 Å². The van der Waals surface area contributed by atoms with Gasteiger partial charge in [0.05, 0.1) is 4.88 Å². The lowest BCUT2D eigenvalue weighted by atomic mass is 9.93. The zero-order valence-electron chi connectivity index (χ0n) is 11.1. The Kier molecular flexibility index (Phi) is 4.09. The molecule has 2 aromatic rings. The number of carbonyl (C=O) groups is 1. The van der Waals surface area contributed by atoms with Crippen LogP contribution in [0.5, 0.6) is 0 Å². The van der Waals surface area contributed by atoms with E-state index in [1.165, 1.54) is 11.5 Å².